The SMILES string of the molecule is CCn1c(=O)c2ccccc2n(CC(=O)OC(C)C(=O)N(C)Cc2cccc(F)c2)c1=O. The summed E-state index contributed by atoms with van der Waals surface area (Å²) in [5, 5.41) is 0.306. The molecule has 0 aliphatic heterocycles. The van der Waals surface area contributed by atoms with Gasteiger partial charge in [0.2, 0.25) is 0 Å². The lowest BCUT2D eigenvalue weighted by Gasteiger charge is -2.22. The molecule has 3 aromatic rings. The Bertz CT molecular complexity index is 1280. The summed E-state index contributed by atoms with van der Waals surface area (Å²) in [5.74, 6) is -1.68. The smallest absolute Gasteiger partial charge is 0.332 e. The maximum Gasteiger partial charge on any atom is 0.332 e. The number of carbonyl (C=O) groups excluding carboxylic acids is 2. The Labute approximate surface area is 183 Å². The highest BCUT2D eigenvalue weighted by molar-refractivity contribution is 5.84. The Morgan fingerprint density at radius 3 is 2.50 bits per heavy atom. The van der Waals surface area contributed by atoms with Crippen LogP contribution in [0, 0.1) is 5.82 Å². The first-order valence-electron chi connectivity index (χ1n) is 10.1. The zero-order chi connectivity index (χ0) is 23.4. The van der Waals surface area contributed by atoms with Crippen molar-refractivity contribution in [2.24, 2.45) is 0 Å². The molecule has 1 heterocycles. The number of likely N-dealkylation sites (N-methyl/N-ethyl adjacent to an activating group) is 1. The normalized spacial score (nSPS) is 11.9. The fourth-order valence-electron chi connectivity index (χ4n) is 3.51. The van der Waals surface area contributed by atoms with Gasteiger partial charge in [-0.25, -0.2) is 9.18 Å². The first kappa shape index (κ1) is 22.9. The predicted octanol–water partition coefficient (Wildman–Crippen LogP) is 1.91. The molecule has 1 unspecified atom stereocenters. The summed E-state index contributed by atoms with van der Waals surface area (Å²) < 4.78 is 20.8. The minimum absolute atomic E-state index is 0.143. The van der Waals surface area contributed by atoms with E-state index in [0.717, 1.165) is 9.13 Å². The molecule has 1 amide bonds. The average Bonchev–Trinajstić information content (AvgIpc) is 2.76. The van der Waals surface area contributed by atoms with Crippen LogP contribution >= 0.6 is 0 Å². The number of rotatable bonds is 7. The molecule has 8 nitrogen and oxygen atoms in total. The first-order chi connectivity index (χ1) is 15.2. The van der Waals surface area contributed by atoms with Crippen LogP contribution in [0.25, 0.3) is 10.9 Å². The fourth-order valence-corrected chi connectivity index (χ4v) is 3.51. The van der Waals surface area contributed by atoms with Crippen LogP contribution in [-0.4, -0.2) is 39.1 Å². The predicted molar refractivity (Wildman–Crippen MR) is 117 cm³/mol. The second-order valence-electron chi connectivity index (χ2n) is 7.39. The maximum atomic E-state index is 13.4. The van der Waals surface area contributed by atoms with Gasteiger partial charge in [0.05, 0.1) is 10.9 Å². The summed E-state index contributed by atoms with van der Waals surface area (Å²) in [5.41, 5.74) is -0.152. The van der Waals surface area contributed by atoms with Crippen LogP contribution in [0.3, 0.4) is 0 Å². The van der Waals surface area contributed by atoms with E-state index in [9.17, 15) is 23.6 Å². The molecule has 2 aromatic carbocycles. The van der Waals surface area contributed by atoms with Gasteiger partial charge < -0.3 is 9.64 Å². The zero-order valence-electron chi connectivity index (χ0n) is 18.1. The van der Waals surface area contributed by atoms with Crippen LogP contribution in [-0.2, 0) is 34.0 Å². The van der Waals surface area contributed by atoms with Crippen LogP contribution in [0.4, 0.5) is 4.39 Å². The molecular weight excluding hydrogens is 417 g/mol. The van der Waals surface area contributed by atoms with Crippen molar-refractivity contribution in [2.45, 2.75) is 39.6 Å². The molecule has 0 aliphatic carbocycles. The molecule has 168 valence electrons. The van der Waals surface area contributed by atoms with Gasteiger partial charge in [-0.2, -0.15) is 0 Å². The molecule has 0 saturated carbocycles. The number of aromatic nitrogens is 2. The van der Waals surface area contributed by atoms with E-state index in [1.54, 1.807) is 43.3 Å². The lowest BCUT2D eigenvalue weighted by molar-refractivity contribution is -0.159. The van der Waals surface area contributed by atoms with Gasteiger partial charge in [0.15, 0.2) is 6.10 Å². The van der Waals surface area contributed by atoms with Gasteiger partial charge in [0.1, 0.15) is 12.4 Å². The minimum Gasteiger partial charge on any atom is -0.451 e. The van der Waals surface area contributed by atoms with Gasteiger partial charge in [-0.3, -0.25) is 23.5 Å². The van der Waals surface area contributed by atoms with Crippen molar-refractivity contribution < 1.29 is 18.7 Å². The van der Waals surface area contributed by atoms with Crippen molar-refractivity contribution in [3.05, 3.63) is 80.7 Å². The number of carbonyl (C=O) groups is 2. The molecule has 0 radical (unpaired) electrons. The fraction of sp³-hybridized carbons (Fsp3) is 0.304. The van der Waals surface area contributed by atoms with E-state index >= 15 is 0 Å². The number of fused-ring (bicyclic) bond motifs is 1. The quantitative estimate of drug-likeness (QED) is 0.523. The Balaban J connectivity index is 1.75. The van der Waals surface area contributed by atoms with Crippen LogP contribution in [0.5, 0.6) is 0 Å². The number of amides is 1. The number of esters is 1. The van der Waals surface area contributed by atoms with E-state index < -0.39 is 41.6 Å². The summed E-state index contributed by atoms with van der Waals surface area (Å²) in [6.45, 7) is 2.93. The number of nitrogens with zero attached hydrogens (tertiary/aromatic N) is 3. The van der Waals surface area contributed by atoms with E-state index in [4.69, 9.17) is 4.74 Å². The molecule has 1 atom stereocenters. The lowest BCUT2D eigenvalue weighted by Crippen LogP contribution is -2.42. The molecule has 0 spiro atoms. The first-order valence-corrected chi connectivity index (χ1v) is 10.1. The molecule has 1 aromatic heterocycles. The summed E-state index contributed by atoms with van der Waals surface area (Å²) >= 11 is 0. The highest BCUT2D eigenvalue weighted by atomic mass is 19.1. The minimum atomic E-state index is -1.11. The van der Waals surface area contributed by atoms with Crippen molar-refractivity contribution >= 4 is 22.8 Å². The van der Waals surface area contributed by atoms with E-state index in [1.165, 1.54) is 31.0 Å². The summed E-state index contributed by atoms with van der Waals surface area (Å²) in [6.07, 6.45) is -1.11. The molecular formula is C23H24FN3O5. The monoisotopic (exact) mass is 441 g/mol. The van der Waals surface area contributed by atoms with Crippen LogP contribution in [0.2, 0.25) is 0 Å². The van der Waals surface area contributed by atoms with E-state index in [-0.39, 0.29) is 13.1 Å². The Hall–Kier alpha value is -3.75. The Morgan fingerprint density at radius 1 is 1.09 bits per heavy atom. The molecule has 0 fully saturated rings. The molecule has 0 aliphatic rings. The molecule has 0 saturated heterocycles. The van der Waals surface area contributed by atoms with Gasteiger partial charge >= 0.3 is 11.7 Å². The zero-order valence-corrected chi connectivity index (χ0v) is 18.1. The maximum absolute atomic E-state index is 13.4. The third-order valence-corrected chi connectivity index (χ3v) is 5.08. The number of para-hydroxylation sites is 1. The van der Waals surface area contributed by atoms with Crippen molar-refractivity contribution in [2.75, 3.05) is 7.05 Å². The van der Waals surface area contributed by atoms with Crippen molar-refractivity contribution in [1.29, 1.82) is 0 Å². The summed E-state index contributed by atoms with van der Waals surface area (Å²) in [4.78, 5) is 51.7. The van der Waals surface area contributed by atoms with Gasteiger partial charge in [-0.15, -0.1) is 0 Å². The number of halogens is 1. The van der Waals surface area contributed by atoms with E-state index in [0.29, 0.717) is 16.5 Å². The van der Waals surface area contributed by atoms with Crippen molar-refractivity contribution in [3.63, 3.8) is 0 Å². The van der Waals surface area contributed by atoms with Gasteiger partial charge in [-0.05, 0) is 43.7 Å². The van der Waals surface area contributed by atoms with Crippen molar-refractivity contribution in [1.82, 2.24) is 14.0 Å². The highest BCUT2D eigenvalue weighted by Gasteiger charge is 2.23. The standard InChI is InChI=1S/C23H24FN3O5/c1-4-26-22(30)18-10-5-6-11-19(18)27(23(26)31)14-20(28)32-15(2)21(29)25(3)13-16-8-7-9-17(24)12-16/h5-12,15H,4,13-14H2,1-3H3. The lowest BCUT2D eigenvalue weighted by atomic mass is 10.2. The summed E-state index contributed by atoms with van der Waals surface area (Å²) in [7, 11) is 1.52. The molecule has 3 rings (SSSR count). The molecule has 0 bridgehead atoms. The number of hydrogen-bond acceptors (Lipinski definition) is 5. The Morgan fingerprint density at radius 2 is 1.81 bits per heavy atom. The van der Waals surface area contributed by atoms with Gasteiger partial charge in [0.25, 0.3) is 11.5 Å². The van der Waals surface area contributed by atoms with Crippen LogP contribution in [0.1, 0.15) is 19.4 Å². The average molecular weight is 441 g/mol. The van der Waals surface area contributed by atoms with Crippen LogP contribution < -0.4 is 11.2 Å². The highest BCUT2D eigenvalue weighted by Crippen LogP contribution is 2.10. The van der Waals surface area contributed by atoms with Crippen LogP contribution in [0.15, 0.2) is 58.1 Å². The Kier molecular flexibility index (Phi) is 6.87. The third-order valence-electron chi connectivity index (χ3n) is 5.08. The number of benzene rings is 2. The van der Waals surface area contributed by atoms with Crippen molar-refractivity contribution in [3.8, 4) is 0 Å². The number of ether oxygens (including phenoxy) is 1. The molecule has 0 N–H and O–H groups in total. The summed E-state index contributed by atoms with van der Waals surface area (Å²) in [6, 6.07) is 12.3. The molecule has 32 heavy (non-hydrogen) atoms. The van der Waals surface area contributed by atoms with E-state index in [1.807, 2.05) is 0 Å². The number of hydrogen-bond donors (Lipinski definition) is 0. The topological polar surface area (TPSA) is 90.6 Å². The van der Waals surface area contributed by atoms with Gasteiger partial charge in [0, 0.05) is 20.1 Å². The van der Waals surface area contributed by atoms with E-state index in [2.05, 4.69) is 0 Å². The van der Waals surface area contributed by atoms with Gasteiger partial charge in [-0.1, -0.05) is 24.3 Å². The second-order valence-corrected chi connectivity index (χ2v) is 7.39. The third kappa shape index (κ3) is 4.77. The molecule has 9 heteroatoms. The second kappa shape index (κ2) is 9.59. The largest absolute Gasteiger partial charge is 0.451 e.